The molecule has 2 saturated carbocycles. The van der Waals surface area contributed by atoms with Gasteiger partial charge in [0, 0.05) is 55.6 Å². The van der Waals surface area contributed by atoms with Gasteiger partial charge in [-0.2, -0.15) is 5.10 Å². The van der Waals surface area contributed by atoms with Crippen molar-refractivity contribution in [2.24, 2.45) is 11.3 Å². The average Bonchev–Trinajstić information content (AvgIpc) is 3.40. The number of nitrogens with zero attached hydrogens (tertiary/aromatic N) is 3. The molecule has 0 spiro atoms. The summed E-state index contributed by atoms with van der Waals surface area (Å²) in [6.45, 7) is 7.17. The molecular formula is C33H47N5O4. The van der Waals surface area contributed by atoms with Crippen LogP contribution in [-0.2, 0) is 27.4 Å². The molecule has 1 saturated heterocycles. The van der Waals surface area contributed by atoms with E-state index < -0.39 is 6.04 Å². The molecule has 9 nitrogen and oxygen atoms in total. The van der Waals surface area contributed by atoms with E-state index in [0.717, 1.165) is 60.9 Å². The number of rotatable bonds is 6. The number of benzene rings is 1. The molecule has 2 aromatic rings. The van der Waals surface area contributed by atoms with Gasteiger partial charge in [0.2, 0.25) is 5.91 Å². The minimum atomic E-state index is -0.408. The van der Waals surface area contributed by atoms with Gasteiger partial charge in [0.25, 0.3) is 0 Å². The molecule has 3 heterocycles. The highest BCUT2D eigenvalue weighted by Crippen LogP contribution is 2.60. The topological polar surface area (TPSA) is 106 Å². The molecule has 4 aliphatic rings. The van der Waals surface area contributed by atoms with E-state index in [4.69, 9.17) is 9.84 Å². The predicted molar refractivity (Wildman–Crippen MR) is 163 cm³/mol. The van der Waals surface area contributed by atoms with Gasteiger partial charge in [0.05, 0.1) is 18.2 Å². The number of ketones is 2. The number of carbonyl (C=O) groups excluding carboxylic acids is 3. The van der Waals surface area contributed by atoms with Gasteiger partial charge < -0.3 is 20.3 Å². The summed E-state index contributed by atoms with van der Waals surface area (Å²) in [6.07, 6.45) is 11.5. The second-order valence-electron chi connectivity index (χ2n) is 13.2. The van der Waals surface area contributed by atoms with E-state index in [1.165, 1.54) is 32.1 Å². The highest BCUT2D eigenvalue weighted by molar-refractivity contribution is 6.06. The van der Waals surface area contributed by atoms with Gasteiger partial charge in [-0.05, 0) is 75.1 Å². The molecule has 0 radical (unpaired) electrons. The van der Waals surface area contributed by atoms with Gasteiger partial charge in [-0.3, -0.25) is 19.1 Å². The van der Waals surface area contributed by atoms with Crippen LogP contribution in [0.4, 0.5) is 5.69 Å². The van der Waals surface area contributed by atoms with Crippen LogP contribution in [0.3, 0.4) is 0 Å². The molecule has 3 atom stereocenters. The molecule has 2 aliphatic carbocycles. The quantitative estimate of drug-likeness (QED) is 0.473. The monoisotopic (exact) mass is 577 g/mol. The lowest BCUT2D eigenvalue weighted by Crippen LogP contribution is -2.44. The maximum Gasteiger partial charge on any atom is 0.245 e. The van der Waals surface area contributed by atoms with Crippen LogP contribution in [0, 0.1) is 11.3 Å². The summed E-state index contributed by atoms with van der Waals surface area (Å²) in [5.74, 6) is 0.561. The second-order valence-corrected chi connectivity index (χ2v) is 13.2. The van der Waals surface area contributed by atoms with Gasteiger partial charge in [0.1, 0.15) is 12.2 Å². The molecule has 3 fully saturated rings. The van der Waals surface area contributed by atoms with Gasteiger partial charge in [-0.15, -0.1) is 0 Å². The number of nitrogens with one attached hydrogen (secondary N) is 2. The van der Waals surface area contributed by atoms with Crippen LogP contribution in [0.1, 0.15) is 101 Å². The SMILES string of the molecule is CCC(=O)[C@@H]1C[C@]23COCCCCCNCc4cc(NCC5CCCCC5)cc5c(C(C)=O)nn(c45)CC(=O)N1[C@@H]2C3. The number of piperidine rings is 1. The molecular weight excluding hydrogens is 530 g/mol. The summed E-state index contributed by atoms with van der Waals surface area (Å²) >= 11 is 0. The largest absolute Gasteiger partial charge is 0.385 e. The molecule has 2 N–H and O–H groups in total. The van der Waals surface area contributed by atoms with Crippen molar-refractivity contribution in [3.63, 3.8) is 0 Å². The van der Waals surface area contributed by atoms with Gasteiger partial charge >= 0.3 is 0 Å². The van der Waals surface area contributed by atoms with Crippen molar-refractivity contribution in [1.29, 1.82) is 0 Å². The van der Waals surface area contributed by atoms with Gasteiger partial charge in [0.15, 0.2) is 11.6 Å². The lowest BCUT2D eigenvalue weighted by Gasteiger charge is -2.26. The van der Waals surface area contributed by atoms with Crippen molar-refractivity contribution in [2.45, 2.75) is 110 Å². The number of anilines is 1. The standard InChI is InChI=1S/C33H47N5O4/c1-3-28(40)27-16-33-17-29(33)38(27)30(41)20-37-32-24(19-34-12-8-5-9-13-42-21-33)14-25(15-26(32)31(36-37)22(2)39)35-18-23-10-6-4-7-11-23/h14-15,23,27,29,34-35H,3-13,16-21H2,1-2H3/t27-,29+,33-/m0/s1. The maximum absolute atomic E-state index is 14.0. The summed E-state index contributed by atoms with van der Waals surface area (Å²) < 4.78 is 7.83. The van der Waals surface area contributed by atoms with Crippen LogP contribution in [0.5, 0.6) is 0 Å². The first-order valence-electron chi connectivity index (χ1n) is 16.3. The van der Waals surface area contributed by atoms with E-state index in [2.05, 4.69) is 16.7 Å². The summed E-state index contributed by atoms with van der Waals surface area (Å²) in [4.78, 5) is 41.7. The normalized spacial score (nSPS) is 27.5. The van der Waals surface area contributed by atoms with E-state index in [-0.39, 0.29) is 35.5 Å². The van der Waals surface area contributed by atoms with Crippen molar-refractivity contribution in [3.05, 3.63) is 23.4 Å². The Morgan fingerprint density at radius 3 is 2.71 bits per heavy atom. The summed E-state index contributed by atoms with van der Waals surface area (Å²) in [5, 5.41) is 12.8. The van der Waals surface area contributed by atoms with Crippen LogP contribution in [0.2, 0.25) is 0 Å². The number of hydrogen-bond donors (Lipinski definition) is 2. The molecule has 228 valence electrons. The summed E-state index contributed by atoms with van der Waals surface area (Å²) in [6, 6.07) is 3.83. The summed E-state index contributed by atoms with van der Waals surface area (Å²) in [5.41, 5.74) is 3.14. The lowest BCUT2D eigenvalue weighted by molar-refractivity contribution is -0.139. The zero-order valence-electron chi connectivity index (χ0n) is 25.4. The number of carbonyl (C=O) groups is 3. The molecule has 1 aromatic heterocycles. The summed E-state index contributed by atoms with van der Waals surface area (Å²) in [7, 11) is 0. The fourth-order valence-corrected chi connectivity index (χ4v) is 7.71. The van der Waals surface area contributed by atoms with E-state index in [1.807, 2.05) is 17.9 Å². The second kappa shape index (κ2) is 12.4. The third-order valence-electron chi connectivity index (χ3n) is 10.1. The minimum Gasteiger partial charge on any atom is -0.385 e. The van der Waals surface area contributed by atoms with E-state index in [9.17, 15) is 14.4 Å². The van der Waals surface area contributed by atoms with Gasteiger partial charge in [-0.25, -0.2) is 0 Å². The molecule has 2 bridgehead atoms. The van der Waals surface area contributed by atoms with Crippen molar-refractivity contribution in [2.75, 3.05) is 31.6 Å². The Hall–Kier alpha value is -2.78. The third kappa shape index (κ3) is 5.87. The number of amides is 1. The van der Waals surface area contributed by atoms with E-state index in [1.54, 1.807) is 11.6 Å². The van der Waals surface area contributed by atoms with E-state index in [0.29, 0.717) is 44.2 Å². The first-order chi connectivity index (χ1) is 20.4. The zero-order chi connectivity index (χ0) is 29.3. The van der Waals surface area contributed by atoms with Crippen LogP contribution in [0.15, 0.2) is 12.1 Å². The highest BCUT2D eigenvalue weighted by atomic mass is 16.5. The van der Waals surface area contributed by atoms with Crippen LogP contribution < -0.4 is 10.6 Å². The Bertz CT molecular complexity index is 1330. The molecule has 6 rings (SSSR count). The van der Waals surface area contributed by atoms with E-state index >= 15 is 0 Å². The molecule has 1 amide bonds. The van der Waals surface area contributed by atoms with Crippen molar-refractivity contribution < 1.29 is 19.1 Å². The zero-order valence-corrected chi connectivity index (χ0v) is 25.4. The Labute approximate surface area is 249 Å². The Morgan fingerprint density at radius 1 is 1.12 bits per heavy atom. The number of ether oxygens (including phenoxy) is 1. The fraction of sp³-hybridized carbons (Fsp3) is 0.697. The number of aromatic nitrogens is 2. The van der Waals surface area contributed by atoms with Crippen molar-refractivity contribution in [1.82, 2.24) is 20.0 Å². The van der Waals surface area contributed by atoms with Gasteiger partial charge in [-0.1, -0.05) is 26.2 Å². The smallest absolute Gasteiger partial charge is 0.245 e. The Balaban J connectivity index is 1.35. The third-order valence-corrected chi connectivity index (χ3v) is 10.1. The minimum absolute atomic E-state index is 0.00651. The molecule has 1 aromatic carbocycles. The van der Waals surface area contributed by atoms with Crippen LogP contribution in [0.25, 0.3) is 10.9 Å². The highest BCUT2D eigenvalue weighted by Gasteiger charge is 2.66. The van der Waals surface area contributed by atoms with Crippen LogP contribution >= 0.6 is 0 Å². The molecule has 9 heteroatoms. The average molecular weight is 578 g/mol. The first kappa shape index (κ1) is 29.3. The molecule has 42 heavy (non-hydrogen) atoms. The van der Waals surface area contributed by atoms with Crippen molar-refractivity contribution in [3.8, 4) is 0 Å². The first-order valence-corrected chi connectivity index (χ1v) is 16.3. The Kier molecular flexibility index (Phi) is 8.68. The van der Waals surface area contributed by atoms with Crippen molar-refractivity contribution >= 4 is 34.1 Å². The lowest BCUT2D eigenvalue weighted by atomic mass is 9.89. The number of hydrogen-bond acceptors (Lipinski definition) is 7. The maximum atomic E-state index is 14.0. The van der Waals surface area contributed by atoms with Crippen LogP contribution in [-0.4, -0.2) is 70.5 Å². The molecule has 0 unspecified atom stereocenters. The Morgan fingerprint density at radius 2 is 1.93 bits per heavy atom. The fourth-order valence-electron chi connectivity index (χ4n) is 7.71. The number of Topliss-reactive ketones (excluding diaryl/α,β-unsaturated/α-hetero) is 2. The predicted octanol–water partition coefficient (Wildman–Crippen LogP) is 4.86. The molecule has 2 aliphatic heterocycles.